The molecule has 0 saturated carbocycles. The predicted octanol–water partition coefficient (Wildman–Crippen LogP) is 4.29. The third-order valence-electron chi connectivity index (χ3n) is 6.62. The Labute approximate surface area is 247 Å². The van der Waals surface area contributed by atoms with Gasteiger partial charge in [0.05, 0.1) is 35.6 Å². The number of benzene rings is 3. The largest absolute Gasteiger partial charge is 0.494 e. The van der Waals surface area contributed by atoms with E-state index in [1.165, 1.54) is 18.4 Å². The Kier molecular flexibility index (Phi) is 8.55. The number of nitrogens with zero attached hydrogens (tertiary/aromatic N) is 2. The van der Waals surface area contributed by atoms with Gasteiger partial charge in [0, 0.05) is 11.3 Å². The Morgan fingerprint density at radius 1 is 1.10 bits per heavy atom. The molecule has 4 aromatic rings. The van der Waals surface area contributed by atoms with E-state index in [1.807, 2.05) is 73.7 Å². The van der Waals surface area contributed by atoms with Crippen LogP contribution in [0.1, 0.15) is 31.0 Å². The lowest BCUT2D eigenvalue weighted by Gasteiger charge is -2.25. The molecule has 1 N–H and O–H groups in total. The molecule has 3 aromatic carbocycles. The minimum atomic E-state index is -0.717. The number of methoxy groups -OCH3 is 1. The van der Waals surface area contributed by atoms with Gasteiger partial charge < -0.3 is 19.5 Å². The summed E-state index contributed by atoms with van der Waals surface area (Å²) >= 11 is 1.23. The van der Waals surface area contributed by atoms with Crippen LogP contribution in [0.5, 0.6) is 17.2 Å². The van der Waals surface area contributed by atoms with E-state index in [0.29, 0.717) is 55.7 Å². The van der Waals surface area contributed by atoms with Crippen LogP contribution < -0.4 is 34.4 Å². The highest BCUT2D eigenvalue weighted by Gasteiger charge is 2.32. The fraction of sp³-hybridized carbons (Fsp3) is 0.182. The van der Waals surface area contributed by atoms with E-state index in [9.17, 15) is 9.59 Å². The summed E-state index contributed by atoms with van der Waals surface area (Å²) < 4.78 is 18.9. The molecule has 2 heterocycles. The zero-order valence-corrected chi connectivity index (χ0v) is 24.2. The zero-order valence-electron chi connectivity index (χ0n) is 23.4. The van der Waals surface area contributed by atoms with Crippen LogP contribution in [0.2, 0.25) is 0 Å². The molecule has 1 atom stereocenters. The lowest BCUT2D eigenvalue weighted by Crippen LogP contribution is -2.40. The molecule has 212 valence electrons. The summed E-state index contributed by atoms with van der Waals surface area (Å²) in [6.07, 6.45) is 7.15. The van der Waals surface area contributed by atoms with Crippen LogP contribution in [0.25, 0.3) is 6.08 Å². The fourth-order valence-electron chi connectivity index (χ4n) is 4.78. The predicted molar refractivity (Wildman–Crippen MR) is 164 cm³/mol. The number of fused-ring (bicyclic) bond motifs is 1. The first-order chi connectivity index (χ1) is 20.4. The second-order valence-electron chi connectivity index (χ2n) is 9.28. The van der Waals surface area contributed by atoms with Crippen LogP contribution in [0.15, 0.2) is 93.9 Å². The number of carbonyl (C=O) groups excluding carboxylic acids is 1. The van der Waals surface area contributed by atoms with Crippen molar-refractivity contribution in [1.29, 1.82) is 0 Å². The summed E-state index contributed by atoms with van der Waals surface area (Å²) in [6.45, 7) is 4.26. The lowest BCUT2D eigenvalue weighted by atomic mass is 9.95. The van der Waals surface area contributed by atoms with Gasteiger partial charge in [-0.2, -0.15) is 0 Å². The van der Waals surface area contributed by atoms with Gasteiger partial charge in [-0.3, -0.25) is 14.2 Å². The molecule has 0 radical (unpaired) electrons. The summed E-state index contributed by atoms with van der Waals surface area (Å²) in [6, 6.07) is 21.3. The van der Waals surface area contributed by atoms with Gasteiger partial charge in [0.1, 0.15) is 12.4 Å². The van der Waals surface area contributed by atoms with Crippen molar-refractivity contribution in [3.8, 4) is 29.6 Å². The number of aromatic nitrogens is 1. The number of rotatable bonds is 9. The molecule has 42 heavy (non-hydrogen) atoms. The highest BCUT2D eigenvalue weighted by molar-refractivity contribution is 7.07. The van der Waals surface area contributed by atoms with E-state index in [4.69, 9.17) is 25.6 Å². The standard InChI is InChI=1S/C33H29N3O5S/c1-5-19-41-30-23(11-10-14-26(30)39-4)20-27-32(38)36-29(22-15-17-25(18-16-22)40-6-2)28(21(3)34-33(36)42-27)31(37)35-24-12-8-7-9-13-24/h1,7-18,20,29H,6,19H2,2-4H3,(H,35,37)/b27-20-/t29-/m1/s1. The van der Waals surface area contributed by atoms with Gasteiger partial charge in [0.15, 0.2) is 16.3 Å². The Balaban J connectivity index is 1.67. The molecule has 0 fully saturated rings. The normalized spacial score (nSPS) is 14.4. The van der Waals surface area contributed by atoms with Crippen LogP contribution in [-0.4, -0.2) is 30.8 Å². The number of thiazole rings is 1. The van der Waals surface area contributed by atoms with Crippen LogP contribution >= 0.6 is 11.3 Å². The smallest absolute Gasteiger partial charge is 0.271 e. The van der Waals surface area contributed by atoms with Crippen molar-refractivity contribution in [1.82, 2.24) is 4.57 Å². The highest BCUT2D eigenvalue weighted by Crippen LogP contribution is 2.33. The minimum Gasteiger partial charge on any atom is -0.494 e. The van der Waals surface area contributed by atoms with Gasteiger partial charge in [-0.05, 0) is 55.8 Å². The van der Waals surface area contributed by atoms with Crippen molar-refractivity contribution in [2.24, 2.45) is 4.99 Å². The van der Waals surface area contributed by atoms with E-state index < -0.39 is 6.04 Å². The summed E-state index contributed by atoms with van der Waals surface area (Å²) in [5, 5.41) is 2.96. The molecule has 0 unspecified atom stereocenters. The lowest BCUT2D eigenvalue weighted by molar-refractivity contribution is -0.113. The third kappa shape index (κ3) is 5.71. The van der Waals surface area contributed by atoms with Crippen LogP contribution in [0, 0.1) is 12.3 Å². The van der Waals surface area contributed by atoms with Crippen molar-refractivity contribution in [2.75, 3.05) is 25.6 Å². The summed E-state index contributed by atoms with van der Waals surface area (Å²) in [4.78, 5) is 33.0. The molecule has 1 aliphatic rings. The van der Waals surface area contributed by atoms with Crippen molar-refractivity contribution < 1.29 is 19.0 Å². The molecule has 0 spiro atoms. The number of para-hydroxylation sites is 2. The van der Waals surface area contributed by atoms with Gasteiger partial charge in [-0.25, -0.2) is 4.99 Å². The van der Waals surface area contributed by atoms with Gasteiger partial charge in [0.2, 0.25) is 0 Å². The van der Waals surface area contributed by atoms with Crippen molar-refractivity contribution in [2.45, 2.75) is 19.9 Å². The second-order valence-corrected chi connectivity index (χ2v) is 10.3. The molecule has 0 saturated heterocycles. The maximum absolute atomic E-state index is 14.1. The number of hydrogen-bond acceptors (Lipinski definition) is 7. The zero-order chi connectivity index (χ0) is 29.6. The topological polar surface area (TPSA) is 91.2 Å². The van der Waals surface area contributed by atoms with E-state index in [0.717, 1.165) is 5.56 Å². The SMILES string of the molecule is C#CCOc1c(/C=c2\sc3n(c2=O)[C@H](c2ccc(OCC)cc2)C(C(=O)Nc2ccccc2)=C(C)N=3)cccc1OC. The monoisotopic (exact) mass is 579 g/mol. The van der Waals surface area contributed by atoms with Crippen molar-refractivity contribution in [3.05, 3.63) is 115 Å². The highest BCUT2D eigenvalue weighted by atomic mass is 32.1. The first-order valence-electron chi connectivity index (χ1n) is 13.3. The molecule has 9 heteroatoms. The van der Waals surface area contributed by atoms with Crippen molar-refractivity contribution in [3.63, 3.8) is 0 Å². The van der Waals surface area contributed by atoms with Crippen molar-refractivity contribution >= 4 is 29.0 Å². The average Bonchev–Trinajstić information content (AvgIpc) is 3.30. The number of allylic oxidation sites excluding steroid dienone is 1. The third-order valence-corrected chi connectivity index (χ3v) is 7.60. The quantitative estimate of drug-likeness (QED) is 0.299. The Hall–Kier alpha value is -5.07. The van der Waals surface area contributed by atoms with E-state index in [1.54, 1.807) is 23.6 Å². The minimum absolute atomic E-state index is 0.0410. The number of amides is 1. The molecule has 1 aromatic heterocycles. The molecule has 8 nitrogen and oxygen atoms in total. The number of terminal acetylenes is 1. The Morgan fingerprint density at radius 3 is 2.55 bits per heavy atom. The Bertz CT molecular complexity index is 1870. The number of anilines is 1. The number of carbonyl (C=O) groups is 1. The Morgan fingerprint density at radius 2 is 1.86 bits per heavy atom. The van der Waals surface area contributed by atoms with Gasteiger partial charge in [-0.15, -0.1) is 6.42 Å². The molecule has 1 amide bonds. The van der Waals surface area contributed by atoms with E-state index in [-0.39, 0.29) is 18.1 Å². The first kappa shape index (κ1) is 28.5. The summed E-state index contributed by atoms with van der Waals surface area (Å²) in [5.74, 6) is 3.75. The molecule has 5 rings (SSSR count). The van der Waals surface area contributed by atoms with E-state index in [2.05, 4.69) is 11.2 Å². The number of nitrogens with one attached hydrogen (secondary N) is 1. The molecular weight excluding hydrogens is 550 g/mol. The van der Waals surface area contributed by atoms with Gasteiger partial charge in [0.25, 0.3) is 11.5 Å². The van der Waals surface area contributed by atoms with Gasteiger partial charge in [-0.1, -0.05) is 59.7 Å². The number of ether oxygens (including phenoxy) is 3. The summed E-state index contributed by atoms with van der Waals surface area (Å²) in [5.41, 5.74) is 2.63. The maximum Gasteiger partial charge on any atom is 0.271 e. The number of hydrogen-bond donors (Lipinski definition) is 1. The van der Waals surface area contributed by atoms with Crippen LogP contribution in [0.3, 0.4) is 0 Å². The van der Waals surface area contributed by atoms with Crippen LogP contribution in [0.4, 0.5) is 5.69 Å². The summed E-state index contributed by atoms with van der Waals surface area (Å²) in [7, 11) is 1.54. The molecular formula is C33H29N3O5S. The van der Waals surface area contributed by atoms with Gasteiger partial charge >= 0.3 is 0 Å². The van der Waals surface area contributed by atoms with E-state index >= 15 is 0 Å². The first-order valence-corrected chi connectivity index (χ1v) is 14.1. The molecule has 1 aliphatic heterocycles. The average molecular weight is 580 g/mol. The molecule has 0 bridgehead atoms. The fourth-order valence-corrected chi connectivity index (χ4v) is 5.81. The molecule has 0 aliphatic carbocycles. The second kappa shape index (κ2) is 12.6. The van der Waals surface area contributed by atoms with Crippen LogP contribution in [-0.2, 0) is 4.79 Å². The maximum atomic E-state index is 14.1.